The molecule has 1 rings (SSSR count). The zero-order chi connectivity index (χ0) is 12.3. The molecule has 0 aliphatic carbocycles. The summed E-state index contributed by atoms with van der Waals surface area (Å²) >= 11 is 0. The van der Waals surface area contributed by atoms with Crippen molar-refractivity contribution in [3.8, 4) is 0 Å². The highest BCUT2D eigenvalue weighted by molar-refractivity contribution is 6.13. The first-order chi connectivity index (χ1) is 7.43. The Hall–Kier alpha value is -1.51. The maximum Gasteiger partial charge on any atom is 0.221 e. The maximum atomic E-state index is 13.5. The highest BCUT2D eigenvalue weighted by Crippen LogP contribution is 2.12. The van der Waals surface area contributed by atoms with Crippen molar-refractivity contribution < 1.29 is 14.0 Å². The van der Waals surface area contributed by atoms with Gasteiger partial charge >= 0.3 is 0 Å². The summed E-state index contributed by atoms with van der Waals surface area (Å²) in [7, 11) is 0. The van der Waals surface area contributed by atoms with Gasteiger partial charge in [-0.05, 0) is 6.92 Å². The van der Waals surface area contributed by atoms with Gasteiger partial charge in [-0.1, -0.05) is 43.7 Å². The number of ketones is 2. The predicted molar refractivity (Wildman–Crippen MR) is 60.3 cm³/mol. The van der Waals surface area contributed by atoms with E-state index in [-0.39, 0.29) is 5.56 Å². The number of benzene rings is 1. The summed E-state index contributed by atoms with van der Waals surface area (Å²) in [6.07, 6.45) is -2.04. The average molecular weight is 222 g/mol. The van der Waals surface area contributed by atoms with Crippen LogP contribution in [-0.2, 0) is 4.79 Å². The standard InChI is InChI=1S/C13H15FO2/c1-8(2)12(15)11(14)13(16)10-6-4-9(3)5-7-10/h4-8,11H,1-3H3. The van der Waals surface area contributed by atoms with E-state index in [4.69, 9.17) is 0 Å². The highest BCUT2D eigenvalue weighted by Gasteiger charge is 2.28. The van der Waals surface area contributed by atoms with Crippen molar-refractivity contribution in [2.75, 3.05) is 0 Å². The molecule has 1 unspecified atom stereocenters. The monoisotopic (exact) mass is 222 g/mol. The summed E-state index contributed by atoms with van der Waals surface area (Å²) in [5.41, 5.74) is 1.23. The van der Waals surface area contributed by atoms with Crippen LogP contribution in [0.15, 0.2) is 24.3 Å². The second-order valence-corrected chi connectivity index (χ2v) is 4.15. The molecule has 86 valence electrons. The van der Waals surface area contributed by atoms with Gasteiger partial charge in [0.2, 0.25) is 12.0 Å². The van der Waals surface area contributed by atoms with Crippen LogP contribution in [0.1, 0.15) is 29.8 Å². The first kappa shape index (κ1) is 12.6. The highest BCUT2D eigenvalue weighted by atomic mass is 19.1. The van der Waals surface area contributed by atoms with E-state index in [1.165, 1.54) is 12.1 Å². The minimum atomic E-state index is -2.04. The van der Waals surface area contributed by atoms with Gasteiger partial charge < -0.3 is 0 Å². The van der Waals surface area contributed by atoms with E-state index in [2.05, 4.69) is 0 Å². The van der Waals surface area contributed by atoms with E-state index < -0.39 is 23.7 Å². The number of carbonyl (C=O) groups excluding carboxylic acids is 2. The Balaban J connectivity index is 2.86. The first-order valence-corrected chi connectivity index (χ1v) is 5.22. The Morgan fingerprint density at radius 3 is 2.06 bits per heavy atom. The van der Waals surface area contributed by atoms with Crippen LogP contribution in [0.2, 0.25) is 0 Å². The summed E-state index contributed by atoms with van der Waals surface area (Å²) in [5, 5.41) is 0. The number of hydrogen-bond acceptors (Lipinski definition) is 2. The van der Waals surface area contributed by atoms with Crippen LogP contribution < -0.4 is 0 Å². The maximum absolute atomic E-state index is 13.5. The number of halogens is 1. The summed E-state index contributed by atoms with van der Waals surface area (Å²) in [6, 6.07) is 6.52. The molecular formula is C13H15FO2. The fourth-order valence-corrected chi connectivity index (χ4v) is 1.29. The lowest BCUT2D eigenvalue weighted by Gasteiger charge is -2.09. The number of alkyl halides is 1. The quantitative estimate of drug-likeness (QED) is 0.580. The molecule has 0 radical (unpaired) electrons. The Morgan fingerprint density at radius 1 is 1.12 bits per heavy atom. The van der Waals surface area contributed by atoms with Gasteiger partial charge in [-0.15, -0.1) is 0 Å². The van der Waals surface area contributed by atoms with Gasteiger partial charge in [-0.3, -0.25) is 9.59 Å². The van der Waals surface area contributed by atoms with Crippen molar-refractivity contribution in [2.24, 2.45) is 5.92 Å². The van der Waals surface area contributed by atoms with Gasteiger partial charge in [0.1, 0.15) is 0 Å². The minimum absolute atomic E-state index is 0.243. The summed E-state index contributed by atoms with van der Waals surface area (Å²) in [4.78, 5) is 22.9. The lowest BCUT2D eigenvalue weighted by molar-refractivity contribution is -0.125. The van der Waals surface area contributed by atoms with Gasteiger partial charge in [-0.2, -0.15) is 0 Å². The first-order valence-electron chi connectivity index (χ1n) is 5.22. The fourth-order valence-electron chi connectivity index (χ4n) is 1.29. The van der Waals surface area contributed by atoms with E-state index >= 15 is 0 Å². The molecule has 3 heteroatoms. The summed E-state index contributed by atoms with van der Waals surface area (Å²) < 4.78 is 13.5. The predicted octanol–water partition coefficient (Wildman–Crippen LogP) is 2.74. The Morgan fingerprint density at radius 2 is 1.62 bits per heavy atom. The number of aryl methyl sites for hydroxylation is 1. The molecule has 0 aliphatic heterocycles. The van der Waals surface area contributed by atoms with Crippen LogP contribution in [0.5, 0.6) is 0 Å². The van der Waals surface area contributed by atoms with Crippen molar-refractivity contribution in [2.45, 2.75) is 26.9 Å². The topological polar surface area (TPSA) is 34.1 Å². The van der Waals surface area contributed by atoms with Gasteiger partial charge in [0.15, 0.2) is 5.78 Å². The van der Waals surface area contributed by atoms with Crippen molar-refractivity contribution >= 4 is 11.6 Å². The van der Waals surface area contributed by atoms with E-state index in [9.17, 15) is 14.0 Å². The molecular weight excluding hydrogens is 207 g/mol. The minimum Gasteiger partial charge on any atom is -0.296 e. The van der Waals surface area contributed by atoms with Crippen LogP contribution >= 0.6 is 0 Å². The molecule has 0 N–H and O–H groups in total. The molecule has 0 aromatic heterocycles. The SMILES string of the molecule is Cc1ccc(C(=O)C(F)C(=O)C(C)C)cc1. The van der Waals surface area contributed by atoms with Crippen LogP contribution in [0.3, 0.4) is 0 Å². The molecule has 0 saturated carbocycles. The third-order valence-corrected chi connectivity index (χ3v) is 2.39. The lowest BCUT2D eigenvalue weighted by Crippen LogP contribution is -2.29. The largest absolute Gasteiger partial charge is 0.296 e. The van der Waals surface area contributed by atoms with Crippen molar-refractivity contribution in [3.63, 3.8) is 0 Å². The smallest absolute Gasteiger partial charge is 0.221 e. The Labute approximate surface area is 94.5 Å². The molecule has 0 bridgehead atoms. The summed E-state index contributed by atoms with van der Waals surface area (Å²) in [5.74, 6) is -1.88. The molecule has 1 aromatic carbocycles. The van der Waals surface area contributed by atoms with E-state index in [1.54, 1.807) is 26.0 Å². The van der Waals surface area contributed by atoms with Crippen LogP contribution in [-0.4, -0.2) is 17.7 Å². The second kappa shape index (κ2) is 5.01. The number of hydrogen-bond donors (Lipinski definition) is 0. The van der Waals surface area contributed by atoms with Crippen LogP contribution in [0.4, 0.5) is 4.39 Å². The molecule has 1 aromatic rings. The van der Waals surface area contributed by atoms with Gasteiger partial charge in [-0.25, -0.2) is 4.39 Å². The number of carbonyl (C=O) groups is 2. The molecule has 2 nitrogen and oxygen atoms in total. The Kier molecular flexibility index (Phi) is 3.93. The molecule has 0 heterocycles. The van der Waals surface area contributed by atoms with Gasteiger partial charge in [0, 0.05) is 11.5 Å². The van der Waals surface area contributed by atoms with Gasteiger partial charge in [0.25, 0.3) is 0 Å². The number of rotatable bonds is 4. The molecule has 1 atom stereocenters. The summed E-state index contributed by atoms with van der Waals surface area (Å²) in [6.45, 7) is 5.04. The average Bonchev–Trinajstić information content (AvgIpc) is 2.27. The molecule has 0 aliphatic rings. The molecule has 0 amide bonds. The molecule has 16 heavy (non-hydrogen) atoms. The van der Waals surface area contributed by atoms with Crippen molar-refractivity contribution in [1.82, 2.24) is 0 Å². The zero-order valence-electron chi connectivity index (χ0n) is 9.66. The molecule has 0 saturated heterocycles. The third kappa shape index (κ3) is 2.75. The third-order valence-electron chi connectivity index (χ3n) is 2.39. The fraction of sp³-hybridized carbons (Fsp3) is 0.385. The Bertz CT molecular complexity index is 393. The number of Topliss-reactive ketones (excluding diaryl/α,β-unsaturated/α-hetero) is 2. The lowest BCUT2D eigenvalue weighted by atomic mass is 9.97. The zero-order valence-corrected chi connectivity index (χ0v) is 9.66. The van der Waals surface area contributed by atoms with Crippen molar-refractivity contribution in [1.29, 1.82) is 0 Å². The van der Waals surface area contributed by atoms with Crippen LogP contribution in [0.25, 0.3) is 0 Å². The van der Waals surface area contributed by atoms with E-state index in [1.807, 2.05) is 6.92 Å². The normalized spacial score (nSPS) is 12.6. The van der Waals surface area contributed by atoms with Crippen molar-refractivity contribution in [3.05, 3.63) is 35.4 Å². The van der Waals surface area contributed by atoms with Crippen LogP contribution in [0, 0.1) is 12.8 Å². The van der Waals surface area contributed by atoms with Gasteiger partial charge in [0.05, 0.1) is 0 Å². The van der Waals surface area contributed by atoms with E-state index in [0.717, 1.165) is 5.56 Å². The van der Waals surface area contributed by atoms with E-state index in [0.29, 0.717) is 0 Å². The second-order valence-electron chi connectivity index (χ2n) is 4.15. The molecule has 0 spiro atoms. The molecule has 0 fully saturated rings.